The van der Waals surface area contributed by atoms with Crippen molar-refractivity contribution >= 4 is 15.7 Å². The van der Waals surface area contributed by atoms with Crippen LogP contribution in [0, 0.1) is 0 Å². The second-order valence-electron chi connectivity index (χ2n) is 5.91. The highest BCUT2D eigenvalue weighted by molar-refractivity contribution is 7.89. The van der Waals surface area contributed by atoms with Crippen LogP contribution in [0.1, 0.15) is 35.7 Å². The molecule has 1 fully saturated rings. The molecule has 1 atom stereocenters. The van der Waals surface area contributed by atoms with Crippen LogP contribution in [0.25, 0.3) is 0 Å². The van der Waals surface area contributed by atoms with E-state index in [2.05, 4.69) is 12.2 Å². The SMILES string of the molecule is CCCN(C(=O)c1ccc(CS(C)(=O)=O)cc1)C1CCNC1. The first-order valence-electron chi connectivity index (χ1n) is 7.69. The fraction of sp³-hybridized carbons (Fsp3) is 0.562. The van der Waals surface area contributed by atoms with Crippen molar-refractivity contribution in [3.8, 4) is 0 Å². The molecule has 1 aliphatic heterocycles. The van der Waals surface area contributed by atoms with Crippen LogP contribution in [-0.2, 0) is 15.6 Å². The summed E-state index contributed by atoms with van der Waals surface area (Å²) >= 11 is 0. The Balaban J connectivity index is 2.12. The minimum absolute atomic E-state index is 0.00664. The summed E-state index contributed by atoms with van der Waals surface area (Å²) in [6.07, 6.45) is 3.12. The van der Waals surface area contributed by atoms with Crippen LogP contribution in [0.5, 0.6) is 0 Å². The highest BCUT2D eigenvalue weighted by Gasteiger charge is 2.26. The van der Waals surface area contributed by atoms with Crippen LogP contribution in [-0.4, -0.2) is 51.2 Å². The maximum Gasteiger partial charge on any atom is 0.254 e. The van der Waals surface area contributed by atoms with Gasteiger partial charge in [-0.2, -0.15) is 0 Å². The van der Waals surface area contributed by atoms with Gasteiger partial charge in [0.1, 0.15) is 0 Å². The first kappa shape index (κ1) is 17.0. The molecule has 0 bridgehead atoms. The highest BCUT2D eigenvalue weighted by atomic mass is 32.2. The predicted octanol–water partition coefficient (Wildman–Crippen LogP) is 1.45. The number of nitrogens with one attached hydrogen (secondary N) is 1. The first-order chi connectivity index (χ1) is 10.4. The normalized spacial score (nSPS) is 18.4. The lowest BCUT2D eigenvalue weighted by Crippen LogP contribution is -2.42. The van der Waals surface area contributed by atoms with Crippen molar-refractivity contribution < 1.29 is 13.2 Å². The smallest absolute Gasteiger partial charge is 0.254 e. The number of sulfone groups is 1. The zero-order valence-electron chi connectivity index (χ0n) is 13.2. The molecule has 122 valence electrons. The van der Waals surface area contributed by atoms with E-state index in [-0.39, 0.29) is 17.7 Å². The lowest BCUT2D eigenvalue weighted by atomic mass is 10.1. The molecule has 0 aliphatic carbocycles. The second-order valence-corrected chi connectivity index (χ2v) is 8.05. The Labute approximate surface area is 132 Å². The van der Waals surface area contributed by atoms with Crippen LogP contribution in [0.15, 0.2) is 24.3 Å². The van der Waals surface area contributed by atoms with E-state index in [1.54, 1.807) is 24.3 Å². The van der Waals surface area contributed by atoms with Crippen molar-refractivity contribution in [3.63, 3.8) is 0 Å². The lowest BCUT2D eigenvalue weighted by molar-refractivity contribution is 0.0692. The van der Waals surface area contributed by atoms with Crippen molar-refractivity contribution in [2.24, 2.45) is 0 Å². The lowest BCUT2D eigenvalue weighted by Gasteiger charge is -2.28. The molecule has 2 rings (SSSR count). The molecule has 1 unspecified atom stereocenters. The minimum Gasteiger partial charge on any atom is -0.334 e. The summed E-state index contributed by atoms with van der Waals surface area (Å²) in [4.78, 5) is 14.6. The van der Waals surface area contributed by atoms with Gasteiger partial charge in [0.05, 0.1) is 5.75 Å². The van der Waals surface area contributed by atoms with Crippen molar-refractivity contribution in [3.05, 3.63) is 35.4 Å². The molecule has 0 spiro atoms. The Hall–Kier alpha value is -1.40. The number of hydrogen-bond acceptors (Lipinski definition) is 4. The number of carbonyl (C=O) groups excluding carboxylic acids is 1. The van der Waals surface area contributed by atoms with E-state index in [9.17, 15) is 13.2 Å². The van der Waals surface area contributed by atoms with Gasteiger partial charge in [-0.15, -0.1) is 0 Å². The standard InChI is InChI=1S/C16H24N2O3S/c1-3-10-18(15-8-9-17-11-15)16(19)14-6-4-13(5-7-14)12-22(2,20)21/h4-7,15,17H,3,8-12H2,1-2H3. The minimum atomic E-state index is -3.05. The summed E-state index contributed by atoms with van der Waals surface area (Å²) in [5.74, 6) is 0.0358. The average Bonchev–Trinajstić information content (AvgIpc) is 2.97. The second kappa shape index (κ2) is 7.24. The number of rotatable bonds is 6. The van der Waals surface area contributed by atoms with Crippen molar-refractivity contribution in [1.82, 2.24) is 10.2 Å². The summed E-state index contributed by atoms with van der Waals surface area (Å²) in [6.45, 7) is 4.61. The van der Waals surface area contributed by atoms with Crippen LogP contribution < -0.4 is 5.32 Å². The largest absolute Gasteiger partial charge is 0.334 e. The van der Waals surface area contributed by atoms with Crippen LogP contribution in [0.3, 0.4) is 0 Å². The molecule has 1 aliphatic rings. The van der Waals surface area contributed by atoms with Gasteiger partial charge < -0.3 is 10.2 Å². The van der Waals surface area contributed by atoms with Gasteiger partial charge >= 0.3 is 0 Å². The van der Waals surface area contributed by atoms with E-state index in [1.807, 2.05) is 4.90 Å². The number of benzene rings is 1. The number of amides is 1. The molecule has 0 aromatic heterocycles. The van der Waals surface area contributed by atoms with Crippen molar-refractivity contribution in [2.45, 2.75) is 31.6 Å². The summed E-state index contributed by atoms with van der Waals surface area (Å²) in [7, 11) is -3.05. The Morgan fingerprint density at radius 1 is 1.32 bits per heavy atom. The quantitative estimate of drug-likeness (QED) is 0.860. The topological polar surface area (TPSA) is 66.5 Å². The summed E-state index contributed by atoms with van der Waals surface area (Å²) in [5.41, 5.74) is 1.33. The van der Waals surface area contributed by atoms with E-state index in [1.165, 1.54) is 6.26 Å². The van der Waals surface area contributed by atoms with Gasteiger partial charge in [0.25, 0.3) is 5.91 Å². The molecule has 1 amide bonds. The molecule has 0 saturated carbocycles. The molecule has 1 aromatic carbocycles. The maximum absolute atomic E-state index is 12.7. The third kappa shape index (κ3) is 4.55. The van der Waals surface area contributed by atoms with Gasteiger partial charge in [-0.3, -0.25) is 4.79 Å². The predicted molar refractivity (Wildman–Crippen MR) is 87.6 cm³/mol. The van der Waals surface area contributed by atoms with E-state index >= 15 is 0 Å². The summed E-state index contributed by atoms with van der Waals surface area (Å²) in [5, 5.41) is 3.29. The molecular weight excluding hydrogens is 300 g/mol. The number of hydrogen-bond donors (Lipinski definition) is 1. The van der Waals surface area contributed by atoms with Gasteiger partial charge in [0.15, 0.2) is 9.84 Å². The molecule has 6 heteroatoms. The molecule has 0 radical (unpaired) electrons. The summed E-state index contributed by atoms with van der Waals surface area (Å²) in [6, 6.07) is 7.17. The van der Waals surface area contributed by atoms with Crippen LogP contribution in [0.4, 0.5) is 0 Å². The molecule has 1 saturated heterocycles. The van der Waals surface area contributed by atoms with Gasteiger partial charge in [-0.05, 0) is 37.1 Å². The highest BCUT2D eigenvalue weighted by Crippen LogP contribution is 2.15. The summed E-state index contributed by atoms with van der Waals surface area (Å²) < 4.78 is 22.6. The zero-order chi connectivity index (χ0) is 16.2. The van der Waals surface area contributed by atoms with E-state index in [0.29, 0.717) is 11.1 Å². The zero-order valence-corrected chi connectivity index (χ0v) is 14.0. The third-order valence-corrected chi connectivity index (χ3v) is 4.69. The molecule has 1 N–H and O–H groups in total. The van der Waals surface area contributed by atoms with E-state index in [0.717, 1.165) is 32.5 Å². The maximum atomic E-state index is 12.7. The first-order valence-corrected chi connectivity index (χ1v) is 9.75. The van der Waals surface area contributed by atoms with Gasteiger partial charge in [0, 0.05) is 31.0 Å². The average molecular weight is 324 g/mol. The van der Waals surface area contributed by atoms with E-state index < -0.39 is 9.84 Å². The van der Waals surface area contributed by atoms with Crippen LogP contribution >= 0.6 is 0 Å². The Kier molecular flexibility index (Phi) is 5.58. The molecule has 5 nitrogen and oxygen atoms in total. The number of nitrogens with zero attached hydrogens (tertiary/aromatic N) is 1. The van der Waals surface area contributed by atoms with Crippen molar-refractivity contribution in [2.75, 3.05) is 25.9 Å². The van der Waals surface area contributed by atoms with E-state index in [4.69, 9.17) is 0 Å². The Bertz CT molecular complexity index is 605. The molecule has 22 heavy (non-hydrogen) atoms. The van der Waals surface area contributed by atoms with Gasteiger partial charge in [-0.25, -0.2) is 8.42 Å². The third-order valence-electron chi connectivity index (χ3n) is 3.83. The number of carbonyl (C=O) groups is 1. The Morgan fingerprint density at radius 2 is 2.00 bits per heavy atom. The monoisotopic (exact) mass is 324 g/mol. The Morgan fingerprint density at radius 3 is 2.50 bits per heavy atom. The fourth-order valence-electron chi connectivity index (χ4n) is 2.81. The van der Waals surface area contributed by atoms with Crippen molar-refractivity contribution in [1.29, 1.82) is 0 Å². The molecule has 1 heterocycles. The van der Waals surface area contributed by atoms with Gasteiger partial charge in [-0.1, -0.05) is 19.1 Å². The fourth-order valence-corrected chi connectivity index (χ4v) is 3.61. The molecular formula is C16H24N2O3S. The van der Waals surface area contributed by atoms with Crippen LogP contribution in [0.2, 0.25) is 0 Å². The van der Waals surface area contributed by atoms with Gasteiger partial charge in [0.2, 0.25) is 0 Å². The molecule has 1 aromatic rings.